The van der Waals surface area contributed by atoms with Crippen LogP contribution in [0, 0.1) is 5.82 Å². The number of hydrogen-bond acceptors (Lipinski definition) is 2. The van der Waals surface area contributed by atoms with Gasteiger partial charge in [0, 0.05) is 19.0 Å². The van der Waals surface area contributed by atoms with Crippen molar-refractivity contribution in [2.45, 2.75) is 17.2 Å². The highest BCUT2D eigenvalue weighted by Crippen LogP contribution is 2.16. The van der Waals surface area contributed by atoms with E-state index in [1.54, 1.807) is 6.92 Å². The van der Waals surface area contributed by atoms with Gasteiger partial charge < -0.3 is 0 Å². The summed E-state index contributed by atoms with van der Waals surface area (Å²) in [6.07, 6.45) is 0. The Balaban J connectivity index is 3.02. The summed E-state index contributed by atoms with van der Waals surface area (Å²) in [5.41, 5.74) is 0. The van der Waals surface area contributed by atoms with Crippen LogP contribution in [0.25, 0.3) is 0 Å². The lowest BCUT2D eigenvalue weighted by Gasteiger charge is -2.18. The minimum atomic E-state index is -3.65. The molecule has 1 rings (SSSR count). The van der Waals surface area contributed by atoms with Crippen molar-refractivity contribution in [3.63, 3.8) is 0 Å². The first kappa shape index (κ1) is 13.4. The predicted octanol–water partition coefficient (Wildman–Crippen LogP) is 2.07. The van der Waals surface area contributed by atoms with Crippen LogP contribution in [0.4, 0.5) is 4.39 Å². The zero-order chi connectivity index (χ0) is 12.3. The van der Waals surface area contributed by atoms with Crippen LogP contribution in [0.15, 0.2) is 29.2 Å². The second-order valence-electron chi connectivity index (χ2n) is 3.52. The maximum atomic E-state index is 12.9. The van der Waals surface area contributed by atoms with Gasteiger partial charge in [0.25, 0.3) is 0 Å². The Labute approximate surface area is 99.9 Å². The van der Waals surface area contributed by atoms with Crippen LogP contribution in [-0.2, 0) is 10.0 Å². The summed E-state index contributed by atoms with van der Waals surface area (Å²) in [6, 6.07) is 4.90. The third-order valence-electron chi connectivity index (χ3n) is 2.01. The average molecular weight is 266 g/mol. The molecule has 0 aromatic heterocycles. The van der Waals surface area contributed by atoms with Crippen LogP contribution >= 0.6 is 11.6 Å². The van der Waals surface area contributed by atoms with Gasteiger partial charge in [-0.15, -0.1) is 11.6 Å². The Kier molecular flexibility index (Phi) is 4.29. The zero-order valence-corrected chi connectivity index (χ0v) is 10.6. The molecule has 1 atom stereocenters. The normalized spacial score (nSPS) is 14.1. The second kappa shape index (κ2) is 5.12. The first-order valence-corrected chi connectivity index (χ1v) is 6.57. The van der Waals surface area contributed by atoms with E-state index in [0.717, 1.165) is 10.4 Å². The topological polar surface area (TPSA) is 37.4 Å². The zero-order valence-electron chi connectivity index (χ0n) is 9.02. The molecule has 3 nitrogen and oxygen atoms in total. The molecule has 0 fully saturated rings. The molecule has 0 saturated carbocycles. The number of nitrogens with zero attached hydrogens (tertiary/aromatic N) is 1. The second-order valence-corrected chi connectivity index (χ2v) is 6.31. The Morgan fingerprint density at radius 1 is 1.50 bits per heavy atom. The molecule has 0 bridgehead atoms. The lowest BCUT2D eigenvalue weighted by atomic mass is 10.4. The first-order valence-electron chi connectivity index (χ1n) is 4.70. The molecule has 0 heterocycles. The number of rotatable bonds is 4. The van der Waals surface area contributed by atoms with Crippen LogP contribution in [0.2, 0.25) is 0 Å². The molecule has 0 N–H and O–H groups in total. The molecule has 16 heavy (non-hydrogen) atoms. The number of hydrogen-bond donors (Lipinski definition) is 0. The Morgan fingerprint density at radius 3 is 2.62 bits per heavy atom. The van der Waals surface area contributed by atoms with Crippen molar-refractivity contribution in [1.82, 2.24) is 4.31 Å². The Bertz CT molecular complexity index is 462. The standard InChI is InChI=1S/C10H13ClFNO2S/c1-8(11)7-13(2)16(14,15)10-5-3-4-9(12)6-10/h3-6,8H,7H2,1-2H3. The molecule has 90 valence electrons. The van der Waals surface area contributed by atoms with Gasteiger partial charge in [0.15, 0.2) is 0 Å². The van der Waals surface area contributed by atoms with Gasteiger partial charge in [-0.2, -0.15) is 4.31 Å². The first-order chi connectivity index (χ1) is 7.34. The predicted molar refractivity (Wildman–Crippen MR) is 61.5 cm³/mol. The molecule has 0 aliphatic carbocycles. The van der Waals surface area contributed by atoms with Crippen LogP contribution in [0.5, 0.6) is 0 Å². The van der Waals surface area contributed by atoms with Gasteiger partial charge in [0.2, 0.25) is 10.0 Å². The fraction of sp³-hybridized carbons (Fsp3) is 0.400. The van der Waals surface area contributed by atoms with Crippen LogP contribution < -0.4 is 0 Å². The summed E-state index contributed by atoms with van der Waals surface area (Å²) < 4.78 is 37.9. The summed E-state index contributed by atoms with van der Waals surface area (Å²) in [4.78, 5) is -0.0627. The van der Waals surface area contributed by atoms with E-state index in [9.17, 15) is 12.8 Å². The number of halogens is 2. The van der Waals surface area contributed by atoms with E-state index in [4.69, 9.17) is 11.6 Å². The molecular weight excluding hydrogens is 253 g/mol. The van der Waals surface area contributed by atoms with E-state index in [2.05, 4.69) is 0 Å². The van der Waals surface area contributed by atoms with Crippen molar-refractivity contribution >= 4 is 21.6 Å². The molecule has 1 unspecified atom stereocenters. The van der Waals surface area contributed by atoms with Gasteiger partial charge >= 0.3 is 0 Å². The van der Waals surface area contributed by atoms with Gasteiger partial charge in [-0.05, 0) is 25.1 Å². The Morgan fingerprint density at radius 2 is 2.12 bits per heavy atom. The molecule has 0 spiro atoms. The van der Waals surface area contributed by atoms with E-state index in [1.165, 1.54) is 25.2 Å². The smallest absolute Gasteiger partial charge is 0.207 e. The summed E-state index contributed by atoms with van der Waals surface area (Å²) in [6.45, 7) is 1.87. The fourth-order valence-corrected chi connectivity index (χ4v) is 2.84. The molecule has 1 aromatic rings. The molecule has 0 aliphatic rings. The van der Waals surface area contributed by atoms with Gasteiger partial charge in [-0.25, -0.2) is 12.8 Å². The molecule has 0 aliphatic heterocycles. The van der Waals surface area contributed by atoms with Crippen molar-refractivity contribution in [1.29, 1.82) is 0 Å². The highest BCUT2D eigenvalue weighted by Gasteiger charge is 2.21. The van der Waals surface area contributed by atoms with Gasteiger partial charge in [-0.1, -0.05) is 6.07 Å². The molecule has 6 heteroatoms. The fourth-order valence-electron chi connectivity index (χ4n) is 1.26. The lowest BCUT2D eigenvalue weighted by molar-refractivity contribution is 0.469. The maximum absolute atomic E-state index is 12.9. The lowest BCUT2D eigenvalue weighted by Crippen LogP contribution is -2.31. The minimum absolute atomic E-state index is 0.0627. The van der Waals surface area contributed by atoms with E-state index >= 15 is 0 Å². The summed E-state index contributed by atoms with van der Waals surface area (Å²) >= 11 is 5.72. The van der Waals surface area contributed by atoms with Crippen LogP contribution in [0.1, 0.15) is 6.92 Å². The minimum Gasteiger partial charge on any atom is -0.207 e. The van der Waals surface area contributed by atoms with E-state index in [0.29, 0.717) is 0 Å². The maximum Gasteiger partial charge on any atom is 0.242 e. The average Bonchev–Trinajstić information content (AvgIpc) is 2.16. The van der Waals surface area contributed by atoms with E-state index in [1.807, 2.05) is 0 Å². The molecular formula is C10H13ClFNO2S. The quantitative estimate of drug-likeness (QED) is 0.782. The third-order valence-corrected chi connectivity index (χ3v) is 3.97. The number of sulfonamides is 1. The summed E-state index contributed by atoms with van der Waals surface area (Å²) in [5.74, 6) is -0.576. The SMILES string of the molecule is CC(Cl)CN(C)S(=O)(=O)c1cccc(F)c1. The van der Waals surface area contributed by atoms with Crippen molar-refractivity contribution in [3.05, 3.63) is 30.1 Å². The molecule has 0 amide bonds. The van der Waals surface area contributed by atoms with Crippen molar-refractivity contribution in [3.8, 4) is 0 Å². The van der Waals surface area contributed by atoms with Crippen LogP contribution in [0.3, 0.4) is 0 Å². The summed E-state index contributed by atoms with van der Waals surface area (Å²) in [5, 5.41) is -0.298. The monoisotopic (exact) mass is 265 g/mol. The van der Waals surface area contributed by atoms with Crippen molar-refractivity contribution in [2.75, 3.05) is 13.6 Å². The number of benzene rings is 1. The van der Waals surface area contributed by atoms with Gasteiger partial charge in [0.1, 0.15) is 5.82 Å². The third kappa shape index (κ3) is 3.17. The van der Waals surface area contributed by atoms with E-state index < -0.39 is 15.8 Å². The molecule has 0 saturated heterocycles. The highest BCUT2D eigenvalue weighted by atomic mass is 35.5. The molecule has 0 radical (unpaired) electrons. The molecule has 1 aromatic carbocycles. The number of alkyl halides is 1. The van der Waals surface area contributed by atoms with Crippen molar-refractivity contribution < 1.29 is 12.8 Å². The largest absolute Gasteiger partial charge is 0.242 e. The van der Waals surface area contributed by atoms with Gasteiger partial charge in [-0.3, -0.25) is 0 Å². The van der Waals surface area contributed by atoms with E-state index in [-0.39, 0.29) is 16.8 Å². The van der Waals surface area contributed by atoms with Gasteiger partial charge in [0.05, 0.1) is 4.90 Å². The summed E-state index contributed by atoms with van der Waals surface area (Å²) in [7, 11) is -2.23. The van der Waals surface area contributed by atoms with Crippen LogP contribution in [-0.4, -0.2) is 31.7 Å². The Hall–Kier alpha value is -0.650. The highest BCUT2D eigenvalue weighted by molar-refractivity contribution is 7.89. The van der Waals surface area contributed by atoms with Crippen molar-refractivity contribution in [2.24, 2.45) is 0 Å².